The predicted octanol–water partition coefficient (Wildman–Crippen LogP) is 4.85. The average Bonchev–Trinajstić information content (AvgIpc) is 3.41. The van der Waals surface area contributed by atoms with E-state index in [0.717, 1.165) is 24.3 Å². The van der Waals surface area contributed by atoms with Crippen molar-refractivity contribution in [2.24, 2.45) is 0 Å². The first-order valence-electron chi connectivity index (χ1n) is 12.9. The topological polar surface area (TPSA) is 85.0 Å². The van der Waals surface area contributed by atoms with Crippen molar-refractivity contribution < 1.29 is 10.2 Å². The third kappa shape index (κ3) is 4.41. The van der Waals surface area contributed by atoms with Gasteiger partial charge in [-0.15, -0.1) is 0 Å². The van der Waals surface area contributed by atoms with Crippen LogP contribution in [0.1, 0.15) is 47.8 Å². The molecular formula is C31H31N5O2-2. The van der Waals surface area contributed by atoms with Gasteiger partial charge in [-0.25, -0.2) is 9.36 Å². The van der Waals surface area contributed by atoms with Crippen LogP contribution in [-0.2, 0) is 0 Å². The molecule has 7 nitrogen and oxygen atoms in total. The second kappa shape index (κ2) is 10.5. The smallest absolute Gasteiger partial charge is 0.0638 e. The molecule has 0 saturated heterocycles. The van der Waals surface area contributed by atoms with Crippen molar-refractivity contribution in [3.8, 4) is 23.1 Å². The summed E-state index contributed by atoms with van der Waals surface area (Å²) in [5.41, 5.74) is 5.44. The van der Waals surface area contributed by atoms with Gasteiger partial charge in [-0.1, -0.05) is 48.5 Å². The molecule has 0 aliphatic heterocycles. The summed E-state index contributed by atoms with van der Waals surface area (Å²) in [5.74, 6) is -1.09. The van der Waals surface area contributed by atoms with Crippen LogP contribution in [0.3, 0.4) is 0 Å². The van der Waals surface area contributed by atoms with Gasteiger partial charge < -0.3 is 15.1 Å². The molecule has 194 valence electrons. The Morgan fingerprint density at radius 1 is 0.658 bits per heavy atom. The van der Waals surface area contributed by atoms with Crippen molar-refractivity contribution in [3.63, 3.8) is 0 Å². The van der Waals surface area contributed by atoms with Gasteiger partial charge >= 0.3 is 0 Å². The first-order valence-corrected chi connectivity index (χ1v) is 12.9. The minimum absolute atomic E-state index is 0.238. The minimum atomic E-state index is -0.615. The first kappa shape index (κ1) is 25.1. The van der Waals surface area contributed by atoms with E-state index in [2.05, 4.69) is 41.1 Å². The molecule has 0 unspecified atom stereocenters. The Balaban J connectivity index is 1.72. The molecule has 5 rings (SSSR count). The zero-order valence-electron chi connectivity index (χ0n) is 22.1. The summed E-state index contributed by atoms with van der Waals surface area (Å²) in [5, 5.41) is 37.0. The molecule has 0 atom stereocenters. The molecule has 7 heteroatoms. The fraction of sp³-hybridized carbons (Fsp3) is 0.226. The predicted molar refractivity (Wildman–Crippen MR) is 146 cm³/mol. The van der Waals surface area contributed by atoms with E-state index in [1.54, 1.807) is 0 Å². The summed E-state index contributed by atoms with van der Waals surface area (Å²) in [6, 6.07) is 26.8. The Hall–Kier alpha value is -4.52. The summed E-state index contributed by atoms with van der Waals surface area (Å²) in [4.78, 5) is 2.26. The van der Waals surface area contributed by atoms with Gasteiger partial charge in [0.15, 0.2) is 0 Å². The summed E-state index contributed by atoms with van der Waals surface area (Å²) in [6.45, 7) is 9.68. The summed E-state index contributed by atoms with van der Waals surface area (Å²) >= 11 is 0. The highest BCUT2D eigenvalue weighted by molar-refractivity contribution is 5.57. The van der Waals surface area contributed by atoms with Crippen molar-refractivity contribution in [1.82, 2.24) is 19.6 Å². The molecule has 38 heavy (non-hydrogen) atoms. The van der Waals surface area contributed by atoms with Crippen molar-refractivity contribution in [2.45, 2.75) is 33.6 Å². The molecule has 3 aromatic carbocycles. The van der Waals surface area contributed by atoms with E-state index in [9.17, 15) is 10.2 Å². The van der Waals surface area contributed by atoms with Gasteiger partial charge in [-0.2, -0.15) is 10.2 Å². The van der Waals surface area contributed by atoms with Crippen LogP contribution in [0.5, 0.6) is 11.8 Å². The standard InChI is InChI=1S/C31H33N5O2/c1-5-34(6-2)24-19-17-23(18-20-24)29(27-21(3)32-35(30(27)37)25-13-9-7-10-14-25)28-22(4)33-36(31(28)38)26-15-11-8-12-16-26/h7-20,29,37-38H,5-6H2,1-4H3/p-2. The molecule has 0 bridgehead atoms. The molecule has 0 aliphatic rings. The Bertz CT molecular complexity index is 1430. The normalized spacial score (nSPS) is 11.3. The van der Waals surface area contributed by atoms with Gasteiger partial charge in [0.05, 0.1) is 22.8 Å². The maximum absolute atomic E-state index is 13.9. The number of anilines is 1. The van der Waals surface area contributed by atoms with E-state index in [4.69, 9.17) is 0 Å². The highest BCUT2D eigenvalue weighted by atomic mass is 16.3. The molecule has 0 amide bonds. The molecule has 0 radical (unpaired) electrons. The van der Waals surface area contributed by atoms with Crippen LogP contribution in [0.15, 0.2) is 84.9 Å². The van der Waals surface area contributed by atoms with E-state index >= 15 is 0 Å². The van der Waals surface area contributed by atoms with Crippen LogP contribution in [0, 0.1) is 13.8 Å². The number of hydrogen-bond donors (Lipinski definition) is 0. The molecule has 0 aliphatic carbocycles. The zero-order valence-corrected chi connectivity index (χ0v) is 22.1. The third-order valence-electron chi connectivity index (χ3n) is 7.06. The lowest BCUT2D eigenvalue weighted by molar-refractivity contribution is -0.280. The van der Waals surface area contributed by atoms with Gasteiger partial charge in [-0.05, 0) is 92.5 Å². The molecule has 2 aromatic heterocycles. The van der Waals surface area contributed by atoms with Crippen LogP contribution in [0.25, 0.3) is 11.4 Å². The number of benzene rings is 3. The lowest BCUT2D eigenvalue weighted by Crippen LogP contribution is -2.21. The largest absolute Gasteiger partial charge is 0.858 e. The molecule has 5 aromatic rings. The number of rotatable bonds is 8. The molecule has 2 heterocycles. The fourth-order valence-electron chi connectivity index (χ4n) is 5.13. The summed E-state index contributed by atoms with van der Waals surface area (Å²) in [7, 11) is 0. The average molecular weight is 506 g/mol. The van der Waals surface area contributed by atoms with Gasteiger partial charge in [0.25, 0.3) is 0 Å². The van der Waals surface area contributed by atoms with Crippen molar-refractivity contribution in [2.75, 3.05) is 18.0 Å². The number of nitrogens with zero attached hydrogens (tertiary/aromatic N) is 5. The molecule has 0 N–H and O–H groups in total. The zero-order chi connectivity index (χ0) is 26.8. The number of aryl methyl sites for hydroxylation is 2. The van der Waals surface area contributed by atoms with Crippen molar-refractivity contribution in [3.05, 3.63) is 113 Å². The summed E-state index contributed by atoms with van der Waals surface area (Å²) in [6.07, 6.45) is 0. The number of aromatic nitrogens is 4. The van der Waals surface area contributed by atoms with Gasteiger partial charge in [0.1, 0.15) is 0 Å². The summed E-state index contributed by atoms with van der Waals surface area (Å²) < 4.78 is 2.84. The van der Waals surface area contributed by atoms with E-state index < -0.39 is 5.92 Å². The first-order chi connectivity index (χ1) is 18.4. The highest BCUT2D eigenvalue weighted by Crippen LogP contribution is 2.43. The third-order valence-corrected chi connectivity index (χ3v) is 7.06. The maximum atomic E-state index is 13.9. The monoisotopic (exact) mass is 505 g/mol. The van der Waals surface area contributed by atoms with Crippen LogP contribution in [0.4, 0.5) is 5.69 Å². The minimum Gasteiger partial charge on any atom is -0.858 e. The fourth-order valence-corrected chi connectivity index (χ4v) is 5.13. The second-order valence-corrected chi connectivity index (χ2v) is 9.30. The molecule has 0 spiro atoms. The SMILES string of the molecule is CCN(CC)c1ccc(C(c2c(C)nn(-c3ccccc3)c2[O-])c2c(C)nn(-c3ccccc3)c2[O-])cc1. The lowest BCUT2D eigenvalue weighted by atomic mass is 9.84. The van der Waals surface area contributed by atoms with Crippen LogP contribution >= 0.6 is 0 Å². The van der Waals surface area contributed by atoms with E-state index in [-0.39, 0.29) is 11.8 Å². The molecular weight excluding hydrogens is 474 g/mol. The van der Waals surface area contributed by atoms with E-state index in [1.807, 2.05) is 86.6 Å². The Morgan fingerprint density at radius 3 is 1.47 bits per heavy atom. The molecule has 0 fully saturated rings. The highest BCUT2D eigenvalue weighted by Gasteiger charge is 2.28. The van der Waals surface area contributed by atoms with Crippen LogP contribution in [0.2, 0.25) is 0 Å². The van der Waals surface area contributed by atoms with Crippen molar-refractivity contribution in [1.29, 1.82) is 0 Å². The quantitative estimate of drug-likeness (QED) is 0.301. The van der Waals surface area contributed by atoms with Crippen molar-refractivity contribution >= 4 is 5.69 Å². The Labute approximate surface area is 223 Å². The Morgan fingerprint density at radius 2 is 1.08 bits per heavy atom. The second-order valence-electron chi connectivity index (χ2n) is 9.30. The Kier molecular flexibility index (Phi) is 6.92. The number of para-hydroxylation sites is 2. The van der Waals surface area contributed by atoms with Crippen LogP contribution < -0.4 is 15.1 Å². The van der Waals surface area contributed by atoms with E-state index in [1.165, 1.54) is 9.36 Å². The lowest BCUT2D eigenvalue weighted by Gasteiger charge is -2.26. The van der Waals surface area contributed by atoms with Gasteiger partial charge in [0.2, 0.25) is 0 Å². The maximum Gasteiger partial charge on any atom is 0.0638 e. The van der Waals surface area contributed by atoms with Gasteiger partial charge in [-0.3, -0.25) is 0 Å². The number of hydrogen-bond acceptors (Lipinski definition) is 5. The van der Waals surface area contributed by atoms with E-state index in [0.29, 0.717) is 33.9 Å². The van der Waals surface area contributed by atoms with Gasteiger partial charge in [0, 0.05) is 24.7 Å². The molecule has 0 saturated carbocycles. The van der Waals surface area contributed by atoms with Crippen LogP contribution in [-0.4, -0.2) is 32.7 Å².